The van der Waals surface area contributed by atoms with Crippen molar-refractivity contribution in [1.29, 1.82) is 0 Å². The van der Waals surface area contributed by atoms with Crippen LogP contribution >= 0.6 is 11.3 Å². The minimum atomic E-state index is -1.93. The normalized spacial score (nSPS) is 35.0. The highest BCUT2D eigenvalue weighted by Gasteiger charge is 2.75. The first-order chi connectivity index (χ1) is 22.6. The number of rotatable bonds is 7. The molecule has 10 nitrogen and oxygen atoms in total. The van der Waals surface area contributed by atoms with Gasteiger partial charge in [-0.1, -0.05) is 57.5 Å². The van der Waals surface area contributed by atoms with Gasteiger partial charge in [-0.15, -0.1) is 11.3 Å². The topological polar surface area (TPSA) is 146 Å². The molecule has 8 unspecified atom stereocenters. The minimum Gasteiger partial charge on any atom is -0.456 e. The SMILES string of the molecule is CC(=O)OC12COC1CC[C@@]1(C)C(=O)CC3=C(C)C(OC(=O)C(O)C(C)c4cccs4)CC(O)(C(OC(=O)c4ccccc4)C21)C3(C)C. The fourth-order valence-corrected chi connectivity index (χ4v) is 9.54. The molecule has 2 bridgehead atoms. The number of Topliss-reactive ketones (excluding diaryl/α,β-unsaturated/α-hetero) is 1. The van der Waals surface area contributed by atoms with Gasteiger partial charge in [-0.3, -0.25) is 9.59 Å². The van der Waals surface area contributed by atoms with Gasteiger partial charge >= 0.3 is 17.9 Å². The molecule has 1 aliphatic heterocycles. The fraction of sp³-hybridized carbons (Fsp3) is 0.568. The van der Waals surface area contributed by atoms with Crippen molar-refractivity contribution < 1.29 is 48.3 Å². The van der Waals surface area contributed by atoms with Gasteiger partial charge in [0.05, 0.1) is 18.1 Å². The Morgan fingerprint density at radius 3 is 2.38 bits per heavy atom. The maximum Gasteiger partial charge on any atom is 0.338 e. The second kappa shape index (κ2) is 12.2. The summed E-state index contributed by atoms with van der Waals surface area (Å²) in [5.74, 6) is -3.86. The fourth-order valence-electron chi connectivity index (χ4n) is 8.72. The molecule has 2 aromatic rings. The number of aliphatic hydroxyl groups is 2. The van der Waals surface area contributed by atoms with E-state index in [0.29, 0.717) is 24.0 Å². The lowest BCUT2D eigenvalue weighted by molar-refractivity contribution is -0.331. The number of carbonyl (C=O) groups excluding carboxylic acids is 4. The number of thiophene rings is 1. The van der Waals surface area contributed by atoms with E-state index in [0.717, 1.165) is 4.88 Å². The van der Waals surface area contributed by atoms with Crippen molar-refractivity contribution in [1.82, 2.24) is 0 Å². The molecular formula is C37H44O10S. The Balaban J connectivity index is 1.49. The van der Waals surface area contributed by atoms with Crippen LogP contribution in [-0.4, -0.2) is 76.1 Å². The van der Waals surface area contributed by atoms with Gasteiger partial charge in [-0.05, 0) is 48.9 Å². The zero-order valence-electron chi connectivity index (χ0n) is 28.2. The Bertz CT molecular complexity index is 1630. The molecule has 1 aromatic carbocycles. The number of aliphatic hydroxyl groups excluding tert-OH is 1. The van der Waals surface area contributed by atoms with Crippen LogP contribution in [0.5, 0.6) is 0 Å². The van der Waals surface area contributed by atoms with Crippen LogP contribution in [0, 0.1) is 16.7 Å². The van der Waals surface area contributed by atoms with Crippen LogP contribution in [0.25, 0.3) is 0 Å². The van der Waals surface area contributed by atoms with Gasteiger partial charge in [-0.25, -0.2) is 9.59 Å². The molecular weight excluding hydrogens is 636 g/mol. The average Bonchev–Trinajstić information content (AvgIpc) is 3.58. The predicted molar refractivity (Wildman–Crippen MR) is 175 cm³/mol. The zero-order valence-corrected chi connectivity index (χ0v) is 29.0. The number of ketones is 1. The van der Waals surface area contributed by atoms with Crippen LogP contribution in [0.3, 0.4) is 0 Å². The van der Waals surface area contributed by atoms with E-state index >= 15 is 0 Å². The summed E-state index contributed by atoms with van der Waals surface area (Å²) in [4.78, 5) is 55.6. The lowest BCUT2D eigenvalue weighted by Crippen LogP contribution is -2.78. The van der Waals surface area contributed by atoms with Crippen LogP contribution in [0.2, 0.25) is 0 Å². The molecule has 4 aliphatic rings. The summed E-state index contributed by atoms with van der Waals surface area (Å²) in [6.07, 6.45) is -3.96. The number of hydrogen-bond acceptors (Lipinski definition) is 11. The van der Waals surface area contributed by atoms with Crippen molar-refractivity contribution in [2.45, 2.75) is 109 Å². The quantitative estimate of drug-likeness (QED) is 0.235. The molecule has 2 saturated carbocycles. The van der Waals surface area contributed by atoms with Gasteiger partial charge in [0.15, 0.2) is 11.7 Å². The molecule has 3 aliphatic carbocycles. The maximum absolute atomic E-state index is 14.6. The van der Waals surface area contributed by atoms with Crippen LogP contribution < -0.4 is 0 Å². The molecule has 3 fully saturated rings. The number of ether oxygens (including phenoxy) is 4. The second-order valence-electron chi connectivity index (χ2n) is 14.7. The molecule has 1 aromatic heterocycles. The van der Waals surface area contributed by atoms with Crippen LogP contribution in [-0.2, 0) is 33.3 Å². The third kappa shape index (κ3) is 5.25. The summed E-state index contributed by atoms with van der Waals surface area (Å²) in [7, 11) is 0. The molecule has 9 atom stereocenters. The van der Waals surface area contributed by atoms with E-state index in [9.17, 15) is 29.4 Å². The lowest BCUT2D eigenvalue weighted by atomic mass is 9.46. The Kier molecular flexibility index (Phi) is 8.76. The molecule has 2 N–H and O–H groups in total. The van der Waals surface area contributed by atoms with E-state index in [2.05, 4.69) is 0 Å². The van der Waals surface area contributed by atoms with Crippen molar-refractivity contribution in [3.63, 3.8) is 0 Å². The Morgan fingerprint density at radius 2 is 1.77 bits per heavy atom. The highest BCUT2D eigenvalue weighted by Crippen LogP contribution is 2.64. The number of esters is 3. The van der Waals surface area contributed by atoms with Gasteiger partial charge in [0.1, 0.15) is 29.7 Å². The summed E-state index contributed by atoms with van der Waals surface area (Å²) in [6.45, 7) is 10.2. The molecule has 2 heterocycles. The molecule has 0 amide bonds. The summed E-state index contributed by atoms with van der Waals surface area (Å²) in [5, 5.41) is 26.1. The number of benzene rings is 1. The Hall–Kier alpha value is -3.38. The number of hydrogen-bond donors (Lipinski definition) is 2. The van der Waals surface area contributed by atoms with E-state index < -0.39 is 76.2 Å². The monoisotopic (exact) mass is 680 g/mol. The highest BCUT2D eigenvalue weighted by molar-refractivity contribution is 7.10. The summed E-state index contributed by atoms with van der Waals surface area (Å²) < 4.78 is 24.4. The summed E-state index contributed by atoms with van der Waals surface area (Å²) in [5.41, 5.74) is -4.21. The highest BCUT2D eigenvalue weighted by atomic mass is 32.1. The smallest absolute Gasteiger partial charge is 0.338 e. The van der Waals surface area contributed by atoms with Crippen LogP contribution in [0.15, 0.2) is 59.0 Å². The number of fused-ring (bicyclic) bond motifs is 5. The summed E-state index contributed by atoms with van der Waals surface area (Å²) in [6, 6.07) is 12.0. The number of carbonyl (C=O) groups is 4. The van der Waals surface area contributed by atoms with Crippen molar-refractivity contribution in [2.24, 2.45) is 16.7 Å². The van der Waals surface area contributed by atoms with E-state index in [-0.39, 0.29) is 30.8 Å². The van der Waals surface area contributed by atoms with Crippen molar-refractivity contribution in [3.8, 4) is 0 Å². The first-order valence-electron chi connectivity index (χ1n) is 16.5. The van der Waals surface area contributed by atoms with E-state index in [1.807, 2.05) is 17.5 Å². The summed E-state index contributed by atoms with van der Waals surface area (Å²) >= 11 is 1.42. The van der Waals surface area contributed by atoms with E-state index in [1.54, 1.807) is 65.0 Å². The zero-order chi connectivity index (χ0) is 34.8. The Labute approximate surface area is 284 Å². The van der Waals surface area contributed by atoms with E-state index in [1.165, 1.54) is 18.3 Å². The van der Waals surface area contributed by atoms with Gasteiger partial charge in [-0.2, -0.15) is 0 Å². The predicted octanol–water partition coefficient (Wildman–Crippen LogP) is 4.92. The standard InChI is InChI=1S/C37H44O10S/c1-20-24-17-27(39)35(6)15-14-28-36(19-44-28,47-22(3)38)30(35)31(46-32(41)23-11-8-7-9-12-23)37(43,34(24,4)5)18-25(20)45-33(42)29(40)21(2)26-13-10-16-48-26/h7-13,16,21,25,28-31,40,43H,14-15,17-19H2,1-6H3/t21?,25?,28?,29?,30?,31?,35-,36?,37?/m0/s1. The van der Waals surface area contributed by atoms with Crippen LogP contribution in [0.1, 0.15) is 88.4 Å². The van der Waals surface area contributed by atoms with Gasteiger partial charge in [0.2, 0.25) is 0 Å². The van der Waals surface area contributed by atoms with Crippen molar-refractivity contribution in [2.75, 3.05) is 6.61 Å². The minimum absolute atomic E-state index is 0.0341. The third-order valence-electron chi connectivity index (χ3n) is 11.8. The molecule has 6 rings (SSSR count). The molecule has 258 valence electrons. The molecule has 48 heavy (non-hydrogen) atoms. The average molecular weight is 681 g/mol. The second-order valence-corrected chi connectivity index (χ2v) is 15.6. The maximum atomic E-state index is 14.6. The molecule has 0 spiro atoms. The lowest BCUT2D eigenvalue weighted by Gasteiger charge is -2.66. The van der Waals surface area contributed by atoms with E-state index in [4.69, 9.17) is 18.9 Å². The largest absolute Gasteiger partial charge is 0.456 e. The van der Waals surface area contributed by atoms with Gasteiger partial charge in [0.25, 0.3) is 0 Å². The van der Waals surface area contributed by atoms with Gasteiger partial charge < -0.3 is 29.2 Å². The first-order valence-corrected chi connectivity index (χ1v) is 17.4. The first kappa shape index (κ1) is 34.5. The molecule has 0 radical (unpaired) electrons. The molecule has 11 heteroatoms. The molecule has 1 saturated heterocycles. The van der Waals surface area contributed by atoms with Crippen molar-refractivity contribution >= 4 is 35.0 Å². The third-order valence-corrected chi connectivity index (χ3v) is 12.8. The van der Waals surface area contributed by atoms with Gasteiger partial charge in [0, 0.05) is 41.4 Å². The van der Waals surface area contributed by atoms with Crippen LogP contribution in [0.4, 0.5) is 0 Å². The van der Waals surface area contributed by atoms with Crippen molar-refractivity contribution in [3.05, 3.63) is 69.4 Å². The Morgan fingerprint density at radius 1 is 1.06 bits per heavy atom.